The Morgan fingerprint density at radius 3 is 2.52 bits per heavy atom. The third-order valence-corrected chi connectivity index (χ3v) is 7.57. The van der Waals surface area contributed by atoms with Gasteiger partial charge in [-0.05, 0) is 36.2 Å². The van der Waals surface area contributed by atoms with Crippen molar-refractivity contribution in [2.45, 2.75) is 32.2 Å². The number of aromatic nitrogens is 2. The van der Waals surface area contributed by atoms with E-state index in [-0.39, 0.29) is 10.5 Å². The van der Waals surface area contributed by atoms with E-state index >= 15 is 0 Å². The van der Waals surface area contributed by atoms with E-state index in [9.17, 15) is 13.2 Å². The molecule has 0 aliphatic heterocycles. The zero-order valence-electron chi connectivity index (χ0n) is 17.7. The van der Waals surface area contributed by atoms with Crippen molar-refractivity contribution < 1.29 is 13.2 Å². The van der Waals surface area contributed by atoms with Gasteiger partial charge in [-0.15, -0.1) is 0 Å². The van der Waals surface area contributed by atoms with E-state index in [1.165, 1.54) is 10.4 Å². The van der Waals surface area contributed by atoms with E-state index in [1.807, 2.05) is 18.2 Å². The molecule has 0 unspecified atom stereocenters. The Balaban J connectivity index is 1.86. The molecule has 164 valence electrons. The van der Waals surface area contributed by atoms with Crippen LogP contribution in [0, 0.1) is 6.92 Å². The smallest absolute Gasteiger partial charge is 0.256 e. The lowest BCUT2D eigenvalue weighted by Crippen LogP contribution is -2.31. The molecular weight excluding hydrogens is 436 g/mol. The Labute approximate surface area is 187 Å². The molecule has 1 aromatic heterocycles. The minimum absolute atomic E-state index is 0.133. The molecule has 2 aromatic carbocycles. The first kappa shape index (κ1) is 23.0. The number of anilines is 1. The van der Waals surface area contributed by atoms with Crippen LogP contribution in [0.15, 0.2) is 59.6 Å². The third kappa shape index (κ3) is 4.98. The van der Waals surface area contributed by atoms with Crippen molar-refractivity contribution in [1.82, 2.24) is 14.1 Å². The van der Waals surface area contributed by atoms with Crippen molar-refractivity contribution in [3.8, 4) is 0 Å². The van der Waals surface area contributed by atoms with Crippen molar-refractivity contribution in [3.63, 3.8) is 0 Å². The number of carbonyl (C=O) groups excluding carboxylic acids is 1. The van der Waals surface area contributed by atoms with Gasteiger partial charge in [-0.3, -0.25) is 4.79 Å². The van der Waals surface area contributed by atoms with Crippen LogP contribution in [0.2, 0.25) is 5.02 Å². The van der Waals surface area contributed by atoms with Gasteiger partial charge in [0.05, 0.1) is 17.6 Å². The maximum atomic E-state index is 13.0. The zero-order chi connectivity index (χ0) is 22.6. The maximum absolute atomic E-state index is 13.0. The normalized spacial score (nSPS) is 11.6. The lowest BCUT2D eigenvalue weighted by atomic mass is 10.1. The Kier molecular flexibility index (Phi) is 7.15. The number of hydrogen-bond acceptors (Lipinski definition) is 4. The molecule has 0 aliphatic rings. The minimum Gasteiger partial charge on any atom is -0.307 e. The Hall–Kier alpha value is -2.68. The number of amides is 1. The fourth-order valence-corrected chi connectivity index (χ4v) is 5.17. The Bertz CT molecular complexity index is 1190. The van der Waals surface area contributed by atoms with Crippen molar-refractivity contribution in [3.05, 3.63) is 76.4 Å². The SMILES string of the molecule is CCN(CC)S(=O)(=O)c1cc(C(=O)Nc2ccnn2Cc2ccccc2Cl)ccc1C. The fraction of sp³-hybridized carbons (Fsp3) is 0.273. The summed E-state index contributed by atoms with van der Waals surface area (Å²) < 4.78 is 28.9. The standard InChI is InChI=1S/C22H25ClN4O3S/c1-4-26(5-2)31(29,30)20-14-17(11-10-16(20)3)22(28)25-21-12-13-24-27(21)15-18-8-6-7-9-19(18)23/h6-14H,4-5,15H2,1-3H3,(H,25,28). The summed E-state index contributed by atoms with van der Waals surface area (Å²) in [5.74, 6) is 0.0653. The summed E-state index contributed by atoms with van der Waals surface area (Å²) in [6, 6.07) is 13.8. The van der Waals surface area contributed by atoms with E-state index in [1.54, 1.807) is 55.9 Å². The molecule has 1 heterocycles. The van der Waals surface area contributed by atoms with E-state index in [0.717, 1.165) is 5.56 Å². The second-order valence-electron chi connectivity index (χ2n) is 6.99. The van der Waals surface area contributed by atoms with Crippen LogP contribution in [0.25, 0.3) is 0 Å². The molecule has 3 aromatic rings. The average molecular weight is 461 g/mol. The van der Waals surface area contributed by atoms with Gasteiger partial charge in [0.25, 0.3) is 5.91 Å². The van der Waals surface area contributed by atoms with Crippen LogP contribution in [-0.4, -0.2) is 41.5 Å². The maximum Gasteiger partial charge on any atom is 0.256 e. The van der Waals surface area contributed by atoms with Crippen LogP contribution < -0.4 is 5.32 Å². The van der Waals surface area contributed by atoms with Crippen LogP contribution in [0.5, 0.6) is 0 Å². The first-order valence-electron chi connectivity index (χ1n) is 9.95. The number of hydrogen-bond donors (Lipinski definition) is 1. The molecule has 0 saturated heterocycles. The summed E-state index contributed by atoms with van der Waals surface area (Å²) in [6.45, 7) is 6.39. The van der Waals surface area contributed by atoms with Gasteiger partial charge in [0.15, 0.2) is 0 Å². The molecule has 1 amide bonds. The van der Waals surface area contributed by atoms with Gasteiger partial charge in [0.1, 0.15) is 5.82 Å². The summed E-state index contributed by atoms with van der Waals surface area (Å²) in [7, 11) is -3.68. The molecule has 31 heavy (non-hydrogen) atoms. The summed E-state index contributed by atoms with van der Waals surface area (Å²) in [4.78, 5) is 13.0. The number of benzene rings is 2. The van der Waals surface area contributed by atoms with E-state index in [4.69, 9.17) is 11.6 Å². The van der Waals surface area contributed by atoms with Crippen LogP contribution in [0.1, 0.15) is 35.3 Å². The quantitative estimate of drug-likeness (QED) is 0.546. The van der Waals surface area contributed by atoms with E-state index < -0.39 is 15.9 Å². The van der Waals surface area contributed by atoms with Gasteiger partial charge >= 0.3 is 0 Å². The van der Waals surface area contributed by atoms with Crippen LogP contribution in [0.3, 0.4) is 0 Å². The van der Waals surface area contributed by atoms with E-state index in [0.29, 0.717) is 36.0 Å². The first-order chi connectivity index (χ1) is 14.8. The van der Waals surface area contributed by atoms with Gasteiger partial charge in [0, 0.05) is 29.7 Å². The number of aryl methyl sites for hydroxylation is 1. The number of nitrogens with zero attached hydrogens (tertiary/aromatic N) is 3. The summed E-state index contributed by atoms with van der Waals surface area (Å²) >= 11 is 6.23. The molecule has 0 atom stereocenters. The first-order valence-corrected chi connectivity index (χ1v) is 11.8. The fourth-order valence-electron chi connectivity index (χ4n) is 3.26. The van der Waals surface area contributed by atoms with Gasteiger partial charge in [-0.2, -0.15) is 9.40 Å². The number of carbonyl (C=O) groups is 1. The van der Waals surface area contributed by atoms with Gasteiger partial charge in [-0.1, -0.05) is 49.7 Å². The molecule has 9 heteroatoms. The second kappa shape index (κ2) is 9.64. The molecule has 0 bridgehead atoms. The van der Waals surface area contributed by atoms with Crippen molar-refractivity contribution in [2.75, 3.05) is 18.4 Å². The molecule has 7 nitrogen and oxygen atoms in total. The monoisotopic (exact) mass is 460 g/mol. The van der Waals surface area contributed by atoms with Gasteiger partial charge in [-0.25, -0.2) is 13.1 Å². The summed E-state index contributed by atoms with van der Waals surface area (Å²) in [5.41, 5.74) is 1.71. The highest BCUT2D eigenvalue weighted by Crippen LogP contribution is 2.23. The molecule has 0 saturated carbocycles. The predicted octanol–water partition coefficient (Wildman–Crippen LogP) is 4.18. The minimum atomic E-state index is -3.68. The number of sulfonamides is 1. The Morgan fingerprint density at radius 1 is 1.13 bits per heavy atom. The lowest BCUT2D eigenvalue weighted by Gasteiger charge is -2.20. The topological polar surface area (TPSA) is 84.3 Å². The molecular formula is C22H25ClN4O3S. The molecule has 3 rings (SSSR count). The highest BCUT2D eigenvalue weighted by molar-refractivity contribution is 7.89. The van der Waals surface area contributed by atoms with Crippen LogP contribution in [-0.2, 0) is 16.6 Å². The average Bonchev–Trinajstić information content (AvgIpc) is 3.17. The molecule has 0 radical (unpaired) electrons. The van der Waals surface area contributed by atoms with Crippen LogP contribution >= 0.6 is 11.6 Å². The van der Waals surface area contributed by atoms with Gasteiger partial charge < -0.3 is 5.32 Å². The van der Waals surface area contributed by atoms with Crippen molar-refractivity contribution in [1.29, 1.82) is 0 Å². The molecule has 0 spiro atoms. The van der Waals surface area contributed by atoms with Crippen molar-refractivity contribution in [2.24, 2.45) is 0 Å². The molecule has 1 N–H and O–H groups in total. The predicted molar refractivity (Wildman–Crippen MR) is 122 cm³/mol. The second-order valence-corrected chi connectivity index (χ2v) is 9.30. The molecule has 0 aliphatic carbocycles. The lowest BCUT2D eigenvalue weighted by molar-refractivity contribution is 0.102. The largest absolute Gasteiger partial charge is 0.307 e. The number of rotatable bonds is 8. The number of halogens is 1. The number of nitrogens with one attached hydrogen (secondary N) is 1. The highest BCUT2D eigenvalue weighted by atomic mass is 35.5. The van der Waals surface area contributed by atoms with Gasteiger partial charge in [0.2, 0.25) is 10.0 Å². The highest BCUT2D eigenvalue weighted by Gasteiger charge is 2.25. The zero-order valence-corrected chi connectivity index (χ0v) is 19.2. The summed E-state index contributed by atoms with van der Waals surface area (Å²) in [6.07, 6.45) is 1.58. The van der Waals surface area contributed by atoms with Crippen molar-refractivity contribution >= 4 is 33.3 Å². The Morgan fingerprint density at radius 2 is 1.84 bits per heavy atom. The molecule has 0 fully saturated rings. The van der Waals surface area contributed by atoms with Crippen LogP contribution in [0.4, 0.5) is 5.82 Å². The summed E-state index contributed by atoms with van der Waals surface area (Å²) in [5, 5.41) is 7.68. The van der Waals surface area contributed by atoms with E-state index in [2.05, 4.69) is 10.4 Å². The third-order valence-electron chi connectivity index (χ3n) is 5.01.